The van der Waals surface area contributed by atoms with E-state index >= 15 is 0 Å². The summed E-state index contributed by atoms with van der Waals surface area (Å²) in [6, 6.07) is 16.6. The van der Waals surface area contributed by atoms with Crippen LogP contribution >= 0.6 is 0 Å². The molecule has 0 unspecified atom stereocenters. The van der Waals surface area contributed by atoms with Crippen LogP contribution in [0.15, 0.2) is 59.5 Å². The number of hydrogen-bond donors (Lipinski definition) is 0. The third-order valence-corrected chi connectivity index (χ3v) is 4.55. The van der Waals surface area contributed by atoms with Crippen molar-refractivity contribution in [1.29, 1.82) is 0 Å². The SMILES string of the molecule is CCCc1ccc(S(=O)(=O)OCCc2ccccc2)cc1. The Morgan fingerprint density at radius 2 is 1.48 bits per heavy atom. The average Bonchev–Trinajstić information content (AvgIpc) is 2.49. The van der Waals surface area contributed by atoms with E-state index in [1.807, 2.05) is 42.5 Å². The van der Waals surface area contributed by atoms with Crippen LogP contribution in [0.3, 0.4) is 0 Å². The van der Waals surface area contributed by atoms with Crippen molar-refractivity contribution >= 4 is 10.1 Å². The number of aryl methyl sites for hydroxylation is 1. The molecule has 2 aromatic carbocycles. The fourth-order valence-corrected chi connectivity index (χ4v) is 3.00. The van der Waals surface area contributed by atoms with E-state index in [9.17, 15) is 8.42 Å². The van der Waals surface area contributed by atoms with Crippen molar-refractivity contribution in [1.82, 2.24) is 0 Å². The molecule has 0 radical (unpaired) electrons. The Kier molecular flexibility index (Phi) is 5.53. The minimum atomic E-state index is -3.66. The maximum atomic E-state index is 12.1. The van der Waals surface area contributed by atoms with Crippen LogP contribution in [0.4, 0.5) is 0 Å². The lowest BCUT2D eigenvalue weighted by molar-refractivity contribution is 0.322. The molecule has 0 N–H and O–H groups in total. The molecule has 0 aromatic heterocycles. The summed E-state index contributed by atoms with van der Waals surface area (Å²) in [4.78, 5) is 0.218. The molecule has 0 bridgehead atoms. The third-order valence-electron chi connectivity index (χ3n) is 3.22. The van der Waals surface area contributed by atoms with Crippen molar-refractivity contribution in [3.63, 3.8) is 0 Å². The molecule has 21 heavy (non-hydrogen) atoms. The Morgan fingerprint density at radius 3 is 2.10 bits per heavy atom. The van der Waals surface area contributed by atoms with E-state index in [-0.39, 0.29) is 11.5 Å². The molecule has 0 heterocycles. The second-order valence-electron chi connectivity index (χ2n) is 4.91. The lowest BCUT2D eigenvalue weighted by atomic mass is 10.1. The highest BCUT2D eigenvalue weighted by Crippen LogP contribution is 2.15. The first kappa shape index (κ1) is 15.7. The fraction of sp³-hybridized carbons (Fsp3) is 0.294. The summed E-state index contributed by atoms with van der Waals surface area (Å²) in [7, 11) is -3.66. The topological polar surface area (TPSA) is 43.4 Å². The van der Waals surface area contributed by atoms with E-state index < -0.39 is 10.1 Å². The van der Waals surface area contributed by atoms with Gasteiger partial charge in [0.25, 0.3) is 10.1 Å². The first-order chi connectivity index (χ1) is 10.1. The Balaban J connectivity index is 1.95. The van der Waals surface area contributed by atoms with Gasteiger partial charge in [0.05, 0.1) is 11.5 Å². The molecule has 0 aliphatic rings. The van der Waals surface area contributed by atoms with Crippen molar-refractivity contribution in [3.8, 4) is 0 Å². The summed E-state index contributed by atoms with van der Waals surface area (Å²) in [5.74, 6) is 0. The van der Waals surface area contributed by atoms with Crippen molar-refractivity contribution < 1.29 is 12.6 Å². The van der Waals surface area contributed by atoms with Crippen molar-refractivity contribution in [2.45, 2.75) is 31.1 Å². The summed E-state index contributed by atoms with van der Waals surface area (Å²) in [6.07, 6.45) is 2.57. The predicted molar refractivity (Wildman–Crippen MR) is 83.7 cm³/mol. The van der Waals surface area contributed by atoms with Crippen LogP contribution in [0.25, 0.3) is 0 Å². The quantitative estimate of drug-likeness (QED) is 0.734. The van der Waals surface area contributed by atoms with Crippen molar-refractivity contribution in [2.75, 3.05) is 6.61 Å². The monoisotopic (exact) mass is 304 g/mol. The molecule has 0 spiro atoms. The van der Waals surface area contributed by atoms with Crippen LogP contribution in [0.5, 0.6) is 0 Å². The highest BCUT2D eigenvalue weighted by atomic mass is 32.2. The third kappa shape index (κ3) is 4.69. The molecule has 0 aliphatic heterocycles. The van der Waals surface area contributed by atoms with E-state index in [2.05, 4.69) is 6.92 Å². The van der Waals surface area contributed by atoms with E-state index in [1.54, 1.807) is 12.1 Å². The first-order valence-electron chi connectivity index (χ1n) is 7.14. The van der Waals surface area contributed by atoms with Gasteiger partial charge >= 0.3 is 0 Å². The van der Waals surface area contributed by atoms with Crippen LogP contribution in [0, 0.1) is 0 Å². The minimum Gasteiger partial charge on any atom is -0.266 e. The Morgan fingerprint density at radius 1 is 0.857 bits per heavy atom. The molecule has 0 saturated carbocycles. The lowest BCUT2D eigenvalue weighted by Gasteiger charge is -2.07. The van der Waals surface area contributed by atoms with E-state index in [1.165, 1.54) is 0 Å². The summed E-state index contributed by atoms with van der Waals surface area (Å²) in [5.41, 5.74) is 2.20. The summed E-state index contributed by atoms with van der Waals surface area (Å²) < 4.78 is 29.2. The predicted octanol–water partition coefficient (Wildman–Crippen LogP) is 3.59. The normalized spacial score (nSPS) is 11.5. The highest BCUT2D eigenvalue weighted by Gasteiger charge is 2.14. The summed E-state index contributed by atoms with van der Waals surface area (Å²) in [6.45, 7) is 2.25. The van der Waals surface area contributed by atoms with Crippen LogP contribution in [-0.4, -0.2) is 15.0 Å². The maximum Gasteiger partial charge on any atom is 0.296 e. The van der Waals surface area contributed by atoms with Gasteiger partial charge in [0, 0.05) is 0 Å². The van der Waals surface area contributed by atoms with Crippen molar-refractivity contribution in [3.05, 3.63) is 65.7 Å². The fourth-order valence-electron chi connectivity index (χ4n) is 2.09. The Bertz CT molecular complexity index is 646. The zero-order valence-electron chi connectivity index (χ0n) is 12.2. The van der Waals surface area contributed by atoms with Gasteiger partial charge in [-0.25, -0.2) is 0 Å². The Hall–Kier alpha value is -1.65. The summed E-state index contributed by atoms with van der Waals surface area (Å²) >= 11 is 0. The molecule has 4 heteroatoms. The number of hydrogen-bond acceptors (Lipinski definition) is 3. The van der Waals surface area contributed by atoms with Gasteiger partial charge < -0.3 is 0 Å². The van der Waals surface area contributed by atoms with Gasteiger partial charge in [0.2, 0.25) is 0 Å². The molecule has 0 atom stereocenters. The van der Waals surface area contributed by atoms with Gasteiger partial charge in [-0.2, -0.15) is 8.42 Å². The first-order valence-corrected chi connectivity index (χ1v) is 8.55. The molecule has 0 amide bonds. The highest BCUT2D eigenvalue weighted by molar-refractivity contribution is 7.86. The largest absolute Gasteiger partial charge is 0.296 e. The summed E-state index contributed by atoms with van der Waals surface area (Å²) in [5, 5.41) is 0. The minimum absolute atomic E-state index is 0.156. The van der Waals surface area contributed by atoms with Gasteiger partial charge in [0.15, 0.2) is 0 Å². The molecule has 0 aliphatic carbocycles. The smallest absolute Gasteiger partial charge is 0.266 e. The van der Waals surface area contributed by atoms with Gasteiger partial charge in [-0.05, 0) is 36.1 Å². The Labute approximate surface area is 126 Å². The molecular weight excluding hydrogens is 284 g/mol. The van der Waals surface area contributed by atoms with E-state index in [0.717, 1.165) is 24.0 Å². The van der Waals surface area contributed by atoms with Crippen LogP contribution in [0.2, 0.25) is 0 Å². The van der Waals surface area contributed by atoms with E-state index in [0.29, 0.717) is 6.42 Å². The van der Waals surface area contributed by atoms with Gasteiger partial charge in [-0.15, -0.1) is 0 Å². The molecule has 0 saturated heterocycles. The molecule has 112 valence electrons. The van der Waals surface area contributed by atoms with Crippen LogP contribution in [-0.2, 0) is 27.1 Å². The van der Waals surface area contributed by atoms with Crippen LogP contribution in [0.1, 0.15) is 24.5 Å². The standard InChI is InChI=1S/C17H20O3S/c1-2-6-15-9-11-17(12-10-15)21(18,19)20-14-13-16-7-4-3-5-8-16/h3-5,7-12H,2,6,13-14H2,1H3. The lowest BCUT2D eigenvalue weighted by Crippen LogP contribution is -2.09. The second kappa shape index (κ2) is 7.38. The number of rotatable bonds is 7. The zero-order chi connectivity index (χ0) is 15.1. The zero-order valence-corrected chi connectivity index (χ0v) is 13.0. The average molecular weight is 304 g/mol. The van der Waals surface area contributed by atoms with Gasteiger partial charge in [0.1, 0.15) is 0 Å². The van der Waals surface area contributed by atoms with Crippen LogP contribution < -0.4 is 0 Å². The molecule has 3 nitrogen and oxygen atoms in total. The van der Waals surface area contributed by atoms with Crippen molar-refractivity contribution in [2.24, 2.45) is 0 Å². The molecule has 2 rings (SSSR count). The van der Waals surface area contributed by atoms with Gasteiger partial charge in [-0.1, -0.05) is 55.8 Å². The molecule has 0 fully saturated rings. The number of benzene rings is 2. The molecular formula is C17H20O3S. The van der Waals surface area contributed by atoms with Gasteiger partial charge in [-0.3, -0.25) is 4.18 Å². The maximum absolute atomic E-state index is 12.1. The van der Waals surface area contributed by atoms with E-state index in [4.69, 9.17) is 4.18 Å². The second-order valence-corrected chi connectivity index (χ2v) is 6.52. The molecule has 2 aromatic rings.